The number of thiophene rings is 3. The van der Waals surface area contributed by atoms with E-state index in [2.05, 4.69) is 218 Å². The van der Waals surface area contributed by atoms with Crippen LogP contribution < -0.4 is 4.90 Å². The van der Waals surface area contributed by atoms with Gasteiger partial charge in [-0.3, -0.25) is 0 Å². The molecular formula is C60H39NS3. The summed E-state index contributed by atoms with van der Waals surface area (Å²) in [4.78, 5) is 2.60. The van der Waals surface area contributed by atoms with E-state index in [0.29, 0.717) is 0 Å². The largest absolute Gasteiger partial charge is 0.307 e. The zero-order chi connectivity index (χ0) is 42.7. The fourth-order valence-corrected chi connectivity index (χ4v) is 13.3. The first-order chi connectivity index (χ1) is 31.7. The zero-order valence-corrected chi connectivity index (χ0v) is 37.2. The highest BCUT2D eigenvalue weighted by atomic mass is 32.1. The average molecular weight is 870 g/mol. The summed E-state index contributed by atoms with van der Waals surface area (Å²) >= 11 is 5.63. The molecule has 0 fully saturated rings. The average Bonchev–Trinajstić information content (AvgIpc) is 4.06. The minimum Gasteiger partial charge on any atom is -0.307 e. The lowest BCUT2D eigenvalue weighted by Crippen LogP contribution is -2.13. The maximum Gasteiger partial charge on any atom is 0.0641 e. The Labute approximate surface area is 384 Å². The normalized spacial score (nSPS) is 12.0. The van der Waals surface area contributed by atoms with Gasteiger partial charge >= 0.3 is 0 Å². The molecule has 0 spiro atoms. The predicted octanol–water partition coefficient (Wildman–Crippen LogP) is 19.0. The Kier molecular flexibility index (Phi) is 9.45. The predicted molar refractivity (Wildman–Crippen MR) is 284 cm³/mol. The van der Waals surface area contributed by atoms with E-state index in [-0.39, 0.29) is 0 Å². The molecule has 0 radical (unpaired) electrons. The van der Waals surface area contributed by atoms with Gasteiger partial charge in [0.2, 0.25) is 0 Å². The summed E-state index contributed by atoms with van der Waals surface area (Å²) in [7, 11) is 0. The summed E-state index contributed by atoms with van der Waals surface area (Å²) in [5.41, 5.74) is 12.8. The van der Waals surface area contributed by atoms with Crippen LogP contribution in [0.3, 0.4) is 0 Å². The number of hydrogen-bond donors (Lipinski definition) is 0. The molecule has 0 saturated carbocycles. The minimum absolute atomic E-state index is 1.01. The molecule has 9 aromatic carbocycles. The highest BCUT2D eigenvalue weighted by Gasteiger charge is 2.29. The van der Waals surface area contributed by atoms with Gasteiger partial charge in [-0.25, -0.2) is 0 Å². The minimum atomic E-state index is 1.01. The molecule has 0 saturated heterocycles. The first-order valence-corrected chi connectivity index (χ1v) is 23.9. The van der Waals surface area contributed by atoms with E-state index in [4.69, 9.17) is 0 Å². The van der Waals surface area contributed by atoms with Crippen molar-refractivity contribution in [2.45, 2.75) is 0 Å². The van der Waals surface area contributed by atoms with Gasteiger partial charge in [0.15, 0.2) is 0 Å². The van der Waals surface area contributed by atoms with Crippen LogP contribution >= 0.6 is 34.0 Å². The number of rotatable bonds is 9. The lowest BCUT2D eigenvalue weighted by Gasteiger charge is -2.31. The third-order valence-electron chi connectivity index (χ3n) is 12.4. The molecule has 64 heavy (non-hydrogen) atoms. The molecule has 3 heterocycles. The summed E-state index contributed by atoms with van der Waals surface area (Å²) in [5.74, 6) is 0. The second-order valence-electron chi connectivity index (χ2n) is 16.0. The molecule has 0 bridgehead atoms. The molecule has 0 N–H and O–H groups in total. The first-order valence-electron chi connectivity index (χ1n) is 21.5. The molecule has 0 amide bonds. The van der Waals surface area contributed by atoms with Gasteiger partial charge in [0.05, 0.1) is 21.8 Å². The van der Waals surface area contributed by atoms with Crippen molar-refractivity contribution in [2.24, 2.45) is 0 Å². The SMILES string of the molecule is C=C/C=C(\C=C)c1ccc2sc3c(-c4ccccc4)cccc3c2c1N(c1cccc2c1sc1ccccc12)c1ccc(-c2ccccc2)c2sc3cc(-c4ccccc4)ccc3c12. The van der Waals surface area contributed by atoms with Crippen LogP contribution in [0.4, 0.5) is 17.1 Å². The van der Waals surface area contributed by atoms with E-state index in [0.717, 1.165) is 28.2 Å². The number of hydrogen-bond acceptors (Lipinski definition) is 4. The number of nitrogens with zero attached hydrogens (tertiary/aromatic N) is 1. The summed E-state index contributed by atoms with van der Waals surface area (Å²) in [6.45, 7) is 8.58. The van der Waals surface area contributed by atoms with Crippen molar-refractivity contribution in [3.05, 3.63) is 231 Å². The van der Waals surface area contributed by atoms with Gasteiger partial charge in [-0.15, -0.1) is 34.0 Å². The van der Waals surface area contributed by atoms with Gasteiger partial charge in [-0.2, -0.15) is 0 Å². The monoisotopic (exact) mass is 869 g/mol. The van der Waals surface area contributed by atoms with Crippen LogP contribution in [0, 0.1) is 0 Å². The topological polar surface area (TPSA) is 3.24 Å². The molecule has 0 aliphatic carbocycles. The van der Waals surface area contributed by atoms with Gasteiger partial charge in [-0.05, 0) is 69.3 Å². The lowest BCUT2D eigenvalue weighted by molar-refractivity contribution is 1.33. The van der Waals surface area contributed by atoms with E-state index >= 15 is 0 Å². The molecule has 12 rings (SSSR count). The van der Waals surface area contributed by atoms with E-state index < -0.39 is 0 Å². The second-order valence-corrected chi connectivity index (χ2v) is 19.2. The Morgan fingerprint density at radius 2 is 1.05 bits per heavy atom. The van der Waals surface area contributed by atoms with E-state index in [1.54, 1.807) is 0 Å². The van der Waals surface area contributed by atoms with Gasteiger partial charge in [0.25, 0.3) is 0 Å². The van der Waals surface area contributed by atoms with Gasteiger partial charge in [0.1, 0.15) is 0 Å². The summed E-state index contributed by atoms with van der Waals surface area (Å²) in [5, 5.41) is 7.45. The van der Waals surface area contributed by atoms with Crippen LogP contribution in [0.15, 0.2) is 226 Å². The molecule has 12 aromatic rings. The Balaban J connectivity index is 1.26. The smallest absolute Gasteiger partial charge is 0.0641 e. The maximum atomic E-state index is 4.40. The molecule has 302 valence electrons. The number of fused-ring (bicyclic) bond motifs is 9. The number of allylic oxidation sites excluding steroid dienone is 4. The van der Waals surface area contributed by atoms with Gasteiger partial charge < -0.3 is 4.90 Å². The summed E-state index contributed by atoms with van der Waals surface area (Å²) < 4.78 is 7.54. The van der Waals surface area contributed by atoms with Crippen LogP contribution in [-0.4, -0.2) is 0 Å². The van der Waals surface area contributed by atoms with E-state index in [1.807, 2.05) is 46.2 Å². The highest BCUT2D eigenvalue weighted by Crippen LogP contribution is 2.56. The molecule has 1 nitrogen and oxygen atoms in total. The van der Waals surface area contributed by atoms with Crippen LogP contribution in [0.5, 0.6) is 0 Å². The zero-order valence-electron chi connectivity index (χ0n) is 34.8. The number of anilines is 3. The summed E-state index contributed by atoms with van der Waals surface area (Å²) in [6.07, 6.45) is 5.96. The standard InChI is InChI=1S/C60H39NS3/c1-3-18-38(4-2)43-34-36-53-56(49-28-16-26-44(58(49)63-53)40-21-10-6-11-22-40)57(43)61(51-29-17-27-47-46-25-14-15-30-52(46)62-59(47)51)50-35-33-45(41-23-12-7-13-24-41)60-55(50)48-32-31-42(37-54(48)64-60)39-19-8-5-9-20-39/h3-37H,1-2H2/b38-18+. The van der Waals surface area contributed by atoms with Crippen LogP contribution in [0.1, 0.15) is 5.56 Å². The fraction of sp³-hybridized carbons (Fsp3) is 0. The summed E-state index contributed by atoms with van der Waals surface area (Å²) in [6, 6.07) is 71.3. The van der Waals surface area contributed by atoms with Crippen molar-refractivity contribution in [3.8, 4) is 33.4 Å². The van der Waals surface area contributed by atoms with Crippen molar-refractivity contribution >= 4 is 117 Å². The molecule has 0 atom stereocenters. The van der Waals surface area contributed by atoms with Gasteiger partial charge in [-0.1, -0.05) is 195 Å². The van der Waals surface area contributed by atoms with Crippen molar-refractivity contribution in [1.29, 1.82) is 0 Å². The molecule has 4 heteroatoms. The third-order valence-corrected chi connectivity index (χ3v) is 16.0. The first kappa shape index (κ1) is 38.3. The quantitative estimate of drug-likeness (QED) is 0.131. The Morgan fingerprint density at radius 3 is 1.80 bits per heavy atom. The van der Waals surface area contributed by atoms with Crippen molar-refractivity contribution in [2.75, 3.05) is 4.90 Å². The molecule has 0 aliphatic rings. The molecule has 0 aliphatic heterocycles. The maximum absolute atomic E-state index is 4.40. The van der Waals surface area contributed by atoms with Crippen molar-refractivity contribution in [3.63, 3.8) is 0 Å². The van der Waals surface area contributed by atoms with Crippen LogP contribution in [0.25, 0.3) is 99.5 Å². The second kappa shape index (κ2) is 15.8. The Morgan fingerprint density at radius 1 is 0.406 bits per heavy atom. The third kappa shape index (κ3) is 6.17. The van der Waals surface area contributed by atoms with Crippen molar-refractivity contribution < 1.29 is 0 Å². The highest BCUT2D eigenvalue weighted by molar-refractivity contribution is 7.27. The van der Waals surface area contributed by atoms with Crippen LogP contribution in [-0.2, 0) is 0 Å². The lowest BCUT2D eigenvalue weighted by atomic mass is 9.94. The fourth-order valence-electron chi connectivity index (χ4n) is 9.56. The van der Waals surface area contributed by atoms with Gasteiger partial charge in [0, 0.05) is 61.4 Å². The Hall–Kier alpha value is -7.34. The van der Waals surface area contributed by atoms with E-state index in [9.17, 15) is 0 Å². The molecule has 3 aromatic heterocycles. The molecule has 0 unspecified atom stereocenters. The molecular weight excluding hydrogens is 831 g/mol. The van der Waals surface area contributed by atoms with Crippen molar-refractivity contribution in [1.82, 2.24) is 0 Å². The van der Waals surface area contributed by atoms with Crippen LogP contribution in [0.2, 0.25) is 0 Å². The number of benzene rings is 9. The van der Waals surface area contributed by atoms with E-state index in [1.165, 1.54) is 93.9 Å². The Bertz CT molecular complexity index is 3810.